The zero-order chi connectivity index (χ0) is 14.0. The lowest BCUT2D eigenvalue weighted by molar-refractivity contribution is -0.151. The second-order valence-corrected chi connectivity index (χ2v) is 5.13. The van der Waals surface area contributed by atoms with Gasteiger partial charge in [0.25, 0.3) is 0 Å². The van der Waals surface area contributed by atoms with Crippen molar-refractivity contribution in [2.75, 3.05) is 19.8 Å². The van der Waals surface area contributed by atoms with Gasteiger partial charge in [-0.1, -0.05) is 20.8 Å². The maximum atomic E-state index is 11.2. The van der Waals surface area contributed by atoms with Gasteiger partial charge in [-0.05, 0) is 26.2 Å². The van der Waals surface area contributed by atoms with Gasteiger partial charge in [-0.25, -0.2) is 0 Å². The summed E-state index contributed by atoms with van der Waals surface area (Å²) in [4.78, 5) is 11.2. The van der Waals surface area contributed by atoms with Gasteiger partial charge >= 0.3 is 5.97 Å². The van der Waals surface area contributed by atoms with Crippen molar-refractivity contribution in [3.05, 3.63) is 0 Å². The van der Waals surface area contributed by atoms with E-state index < -0.39 is 0 Å². The molecule has 0 saturated carbocycles. The van der Waals surface area contributed by atoms with Crippen LogP contribution in [0.2, 0.25) is 0 Å². The van der Waals surface area contributed by atoms with Gasteiger partial charge < -0.3 is 14.2 Å². The molecule has 0 aromatic heterocycles. The van der Waals surface area contributed by atoms with E-state index in [-0.39, 0.29) is 18.2 Å². The summed E-state index contributed by atoms with van der Waals surface area (Å²) in [6, 6.07) is 0. The fraction of sp³-hybridized carbons (Fsp3) is 0.929. The highest BCUT2D eigenvalue weighted by molar-refractivity contribution is 5.69. The van der Waals surface area contributed by atoms with Gasteiger partial charge in [0.2, 0.25) is 0 Å². The molecule has 0 aliphatic heterocycles. The number of hydrogen-bond donors (Lipinski definition) is 0. The Labute approximate surface area is 111 Å². The standard InChI is InChI=1S/C14H28O4/c1-6-7-14(15)18-13(5)10-16-9-12(4)17-8-11(2)3/h11-13H,6-10H2,1-5H3. The topological polar surface area (TPSA) is 44.8 Å². The summed E-state index contributed by atoms with van der Waals surface area (Å²) < 4.78 is 16.2. The van der Waals surface area contributed by atoms with Gasteiger partial charge in [-0.2, -0.15) is 0 Å². The van der Waals surface area contributed by atoms with Crippen LogP contribution in [-0.4, -0.2) is 38.0 Å². The summed E-state index contributed by atoms with van der Waals surface area (Å²) in [5.41, 5.74) is 0. The van der Waals surface area contributed by atoms with Crippen molar-refractivity contribution in [3.63, 3.8) is 0 Å². The highest BCUT2D eigenvalue weighted by Gasteiger charge is 2.10. The van der Waals surface area contributed by atoms with Crippen LogP contribution in [0.3, 0.4) is 0 Å². The van der Waals surface area contributed by atoms with E-state index in [1.807, 2.05) is 20.8 Å². The molecule has 0 aliphatic rings. The SMILES string of the molecule is CCCC(=O)OC(C)COCC(C)OCC(C)C. The lowest BCUT2D eigenvalue weighted by Gasteiger charge is -2.17. The molecular formula is C14H28O4. The minimum absolute atomic E-state index is 0.0749. The third kappa shape index (κ3) is 10.5. The second kappa shape index (κ2) is 10.3. The summed E-state index contributed by atoms with van der Waals surface area (Å²) in [6.45, 7) is 11.7. The van der Waals surface area contributed by atoms with Crippen molar-refractivity contribution >= 4 is 5.97 Å². The molecule has 2 unspecified atom stereocenters. The van der Waals surface area contributed by atoms with Crippen molar-refractivity contribution in [2.24, 2.45) is 5.92 Å². The second-order valence-electron chi connectivity index (χ2n) is 5.13. The molecule has 0 radical (unpaired) electrons. The Balaban J connectivity index is 3.55. The monoisotopic (exact) mass is 260 g/mol. The molecule has 18 heavy (non-hydrogen) atoms. The van der Waals surface area contributed by atoms with Gasteiger partial charge in [0.1, 0.15) is 6.10 Å². The Morgan fingerprint density at radius 2 is 1.61 bits per heavy atom. The molecule has 4 nitrogen and oxygen atoms in total. The first-order valence-electron chi connectivity index (χ1n) is 6.84. The average Bonchev–Trinajstić information content (AvgIpc) is 2.26. The molecule has 108 valence electrons. The number of hydrogen-bond acceptors (Lipinski definition) is 4. The fourth-order valence-electron chi connectivity index (χ4n) is 1.33. The van der Waals surface area contributed by atoms with Crippen molar-refractivity contribution in [2.45, 2.75) is 59.7 Å². The molecule has 0 aromatic rings. The van der Waals surface area contributed by atoms with Crippen LogP contribution < -0.4 is 0 Å². The first-order chi connectivity index (χ1) is 8.45. The third-order valence-electron chi connectivity index (χ3n) is 2.21. The Bertz CT molecular complexity index is 216. The van der Waals surface area contributed by atoms with Crippen molar-refractivity contribution in [3.8, 4) is 0 Å². The molecule has 0 N–H and O–H groups in total. The molecule has 0 aliphatic carbocycles. The van der Waals surface area contributed by atoms with Crippen LogP contribution in [0.5, 0.6) is 0 Å². The van der Waals surface area contributed by atoms with Crippen LogP contribution in [0.4, 0.5) is 0 Å². The molecule has 0 aromatic carbocycles. The van der Waals surface area contributed by atoms with E-state index in [0.29, 0.717) is 25.6 Å². The predicted molar refractivity (Wildman–Crippen MR) is 71.5 cm³/mol. The van der Waals surface area contributed by atoms with E-state index in [1.54, 1.807) is 0 Å². The van der Waals surface area contributed by atoms with Gasteiger partial charge in [-0.3, -0.25) is 4.79 Å². The zero-order valence-corrected chi connectivity index (χ0v) is 12.4. The van der Waals surface area contributed by atoms with Crippen LogP contribution >= 0.6 is 0 Å². The maximum absolute atomic E-state index is 11.2. The maximum Gasteiger partial charge on any atom is 0.306 e. The highest BCUT2D eigenvalue weighted by Crippen LogP contribution is 2.01. The number of esters is 1. The summed E-state index contributed by atoms with van der Waals surface area (Å²) >= 11 is 0. The lowest BCUT2D eigenvalue weighted by atomic mass is 10.2. The normalized spacial score (nSPS) is 14.6. The smallest absolute Gasteiger partial charge is 0.306 e. The van der Waals surface area contributed by atoms with E-state index in [0.717, 1.165) is 13.0 Å². The van der Waals surface area contributed by atoms with Gasteiger partial charge in [-0.15, -0.1) is 0 Å². The van der Waals surface area contributed by atoms with Crippen molar-refractivity contribution in [1.29, 1.82) is 0 Å². The summed E-state index contributed by atoms with van der Waals surface area (Å²) in [5, 5.41) is 0. The van der Waals surface area contributed by atoms with Gasteiger partial charge in [0.05, 0.1) is 19.3 Å². The third-order valence-corrected chi connectivity index (χ3v) is 2.21. The lowest BCUT2D eigenvalue weighted by Crippen LogP contribution is -2.24. The van der Waals surface area contributed by atoms with Gasteiger partial charge in [0, 0.05) is 13.0 Å². The highest BCUT2D eigenvalue weighted by atomic mass is 16.6. The van der Waals surface area contributed by atoms with Crippen LogP contribution in [0.1, 0.15) is 47.5 Å². The molecule has 0 spiro atoms. The van der Waals surface area contributed by atoms with Crippen molar-refractivity contribution < 1.29 is 19.0 Å². The minimum atomic E-state index is -0.193. The Kier molecular flexibility index (Phi) is 9.98. The Hall–Kier alpha value is -0.610. The van der Waals surface area contributed by atoms with E-state index in [2.05, 4.69) is 13.8 Å². The van der Waals surface area contributed by atoms with Crippen LogP contribution in [-0.2, 0) is 19.0 Å². The zero-order valence-electron chi connectivity index (χ0n) is 12.4. The number of carbonyl (C=O) groups excluding carboxylic acids is 1. The van der Waals surface area contributed by atoms with Crippen molar-refractivity contribution in [1.82, 2.24) is 0 Å². The molecular weight excluding hydrogens is 232 g/mol. The molecule has 0 heterocycles. The quantitative estimate of drug-likeness (QED) is 0.567. The molecule has 0 saturated heterocycles. The summed E-state index contributed by atoms with van der Waals surface area (Å²) in [6.07, 6.45) is 1.16. The van der Waals surface area contributed by atoms with E-state index in [4.69, 9.17) is 14.2 Å². The summed E-state index contributed by atoms with van der Waals surface area (Å²) in [7, 11) is 0. The van der Waals surface area contributed by atoms with E-state index in [1.165, 1.54) is 0 Å². The minimum Gasteiger partial charge on any atom is -0.460 e. The summed E-state index contributed by atoms with van der Waals surface area (Å²) in [5.74, 6) is 0.374. The first-order valence-corrected chi connectivity index (χ1v) is 6.84. The molecule has 4 heteroatoms. The molecule has 2 atom stereocenters. The number of ether oxygens (including phenoxy) is 3. The number of rotatable bonds is 10. The first kappa shape index (κ1) is 17.4. The van der Waals surface area contributed by atoms with Gasteiger partial charge in [0.15, 0.2) is 0 Å². The molecule has 0 amide bonds. The molecule has 0 rings (SSSR count). The molecule has 0 fully saturated rings. The fourth-order valence-corrected chi connectivity index (χ4v) is 1.33. The van der Waals surface area contributed by atoms with Crippen LogP contribution in [0.25, 0.3) is 0 Å². The predicted octanol–water partition coefficient (Wildman–Crippen LogP) is 2.80. The molecule has 0 bridgehead atoms. The van der Waals surface area contributed by atoms with E-state index >= 15 is 0 Å². The Morgan fingerprint density at radius 1 is 1.00 bits per heavy atom. The van der Waals surface area contributed by atoms with Crippen LogP contribution in [0.15, 0.2) is 0 Å². The average molecular weight is 260 g/mol. The Morgan fingerprint density at radius 3 is 2.17 bits per heavy atom. The van der Waals surface area contributed by atoms with E-state index in [9.17, 15) is 4.79 Å². The largest absolute Gasteiger partial charge is 0.460 e. The number of carbonyl (C=O) groups is 1. The van der Waals surface area contributed by atoms with Crippen LogP contribution in [0, 0.1) is 5.92 Å².